The molecule has 0 radical (unpaired) electrons. The Labute approximate surface area is 116 Å². The van der Waals surface area contributed by atoms with Gasteiger partial charge < -0.3 is 5.11 Å². The number of hydrogen-bond acceptors (Lipinski definition) is 2. The molecule has 0 aliphatic rings. The lowest BCUT2D eigenvalue weighted by atomic mass is 10.2. The average molecular weight is 305 g/mol. The molecule has 0 unspecified atom stereocenters. The van der Waals surface area contributed by atoms with Crippen LogP contribution in [0.1, 0.15) is 21.6 Å². The summed E-state index contributed by atoms with van der Waals surface area (Å²) in [5.41, 5.74) is -0.813. The fourth-order valence-electron chi connectivity index (χ4n) is 1.71. The van der Waals surface area contributed by atoms with Crippen molar-refractivity contribution in [3.63, 3.8) is 0 Å². The summed E-state index contributed by atoms with van der Waals surface area (Å²) in [4.78, 5) is 10.9. The van der Waals surface area contributed by atoms with Crippen molar-refractivity contribution in [2.24, 2.45) is 0 Å². The van der Waals surface area contributed by atoms with E-state index in [0.717, 1.165) is 29.1 Å². The Bertz CT molecular complexity index is 680. The molecule has 0 saturated carbocycles. The molecule has 2 rings (SSSR count). The van der Waals surface area contributed by atoms with E-state index in [9.17, 15) is 18.0 Å². The van der Waals surface area contributed by atoms with Gasteiger partial charge in [-0.25, -0.2) is 9.48 Å². The van der Waals surface area contributed by atoms with Gasteiger partial charge in [0.05, 0.1) is 28.2 Å². The lowest BCUT2D eigenvalue weighted by Gasteiger charge is -2.11. The standard InChI is InChI=1S/C12H8ClF3N2O2/c1-6-8(11(19)20)5-17-18(6)10-4-7(12(14,15)16)2-3-9(10)13/h2-5H,1H3,(H,19,20). The van der Waals surface area contributed by atoms with Gasteiger partial charge in [0.1, 0.15) is 5.56 Å². The van der Waals surface area contributed by atoms with Crippen molar-refractivity contribution in [2.75, 3.05) is 0 Å². The molecule has 0 fully saturated rings. The van der Waals surface area contributed by atoms with E-state index in [1.165, 1.54) is 6.92 Å². The second kappa shape index (κ2) is 4.82. The van der Waals surface area contributed by atoms with Crippen LogP contribution in [0.4, 0.5) is 13.2 Å². The predicted octanol–water partition coefficient (Wildman–Crippen LogP) is 3.55. The zero-order chi connectivity index (χ0) is 15.1. The van der Waals surface area contributed by atoms with Crippen LogP contribution in [0.5, 0.6) is 0 Å². The fourth-order valence-corrected chi connectivity index (χ4v) is 1.91. The highest BCUT2D eigenvalue weighted by Gasteiger charge is 2.31. The Hall–Kier alpha value is -2.02. The SMILES string of the molecule is Cc1c(C(=O)O)cnn1-c1cc(C(F)(F)F)ccc1Cl. The maximum Gasteiger partial charge on any atom is 0.416 e. The normalized spacial score (nSPS) is 11.7. The monoisotopic (exact) mass is 304 g/mol. The number of aromatic carboxylic acids is 1. The van der Waals surface area contributed by atoms with Crippen LogP contribution in [0.15, 0.2) is 24.4 Å². The van der Waals surface area contributed by atoms with E-state index in [1.54, 1.807) is 0 Å². The van der Waals surface area contributed by atoms with Crippen molar-refractivity contribution in [2.45, 2.75) is 13.1 Å². The van der Waals surface area contributed by atoms with Crippen LogP contribution in [-0.4, -0.2) is 20.9 Å². The second-order valence-electron chi connectivity index (χ2n) is 4.02. The maximum absolute atomic E-state index is 12.7. The predicted molar refractivity (Wildman–Crippen MR) is 65.3 cm³/mol. The number of aromatic nitrogens is 2. The van der Waals surface area contributed by atoms with Crippen LogP contribution in [0.25, 0.3) is 5.69 Å². The molecule has 0 aliphatic heterocycles. The van der Waals surface area contributed by atoms with Gasteiger partial charge in [-0.3, -0.25) is 0 Å². The first-order valence-electron chi connectivity index (χ1n) is 5.37. The zero-order valence-corrected chi connectivity index (χ0v) is 10.8. The van der Waals surface area contributed by atoms with Gasteiger partial charge in [-0.15, -0.1) is 0 Å². The van der Waals surface area contributed by atoms with Gasteiger partial charge >= 0.3 is 12.1 Å². The molecule has 4 nitrogen and oxygen atoms in total. The largest absolute Gasteiger partial charge is 0.478 e. The Morgan fingerprint density at radius 3 is 2.55 bits per heavy atom. The molecule has 0 bridgehead atoms. The molecule has 8 heteroatoms. The summed E-state index contributed by atoms with van der Waals surface area (Å²) in [6.07, 6.45) is -3.45. The number of carboxylic acids is 1. The summed E-state index contributed by atoms with van der Waals surface area (Å²) in [7, 11) is 0. The molecule has 0 atom stereocenters. The Kier molecular flexibility index (Phi) is 3.47. The van der Waals surface area contributed by atoms with E-state index < -0.39 is 17.7 Å². The van der Waals surface area contributed by atoms with Crippen LogP contribution >= 0.6 is 11.6 Å². The molecule has 106 valence electrons. The van der Waals surface area contributed by atoms with Gasteiger partial charge in [0, 0.05) is 0 Å². The molecular weight excluding hydrogens is 297 g/mol. The minimum absolute atomic E-state index is 0.0218. The Morgan fingerprint density at radius 1 is 1.40 bits per heavy atom. The second-order valence-corrected chi connectivity index (χ2v) is 4.43. The van der Waals surface area contributed by atoms with Gasteiger partial charge in [-0.1, -0.05) is 11.6 Å². The molecule has 1 heterocycles. The quantitative estimate of drug-likeness (QED) is 0.923. The lowest BCUT2D eigenvalue weighted by Crippen LogP contribution is -2.08. The minimum atomic E-state index is -4.52. The third kappa shape index (κ3) is 2.49. The number of benzene rings is 1. The molecule has 0 amide bonds. The van der Waals surface area contributed by atoms with E-state index in [1.807, 2.05) is 0 Å². The summed E-state index contributed by atoms with van der Waals surface area (Å²) in [6.45, 7) is 1.44. The highest BCUT2D eigenvalue weighted by atomic mass is 35.5. The number of rotatable bonds is 2. The molecular formula is C12H8ClF3N2O2. The van der Waals surface area contributed by atoms with Crippen molar-refractivity contribution in [3.05, 3.63) is 46.2 Å². The Balaban J connectivity index is 2.61. The highest BCUT2D eigenvalue weighted by Crippen LogP contribution is 2.33. The van der Waals surface area contributed by atoms with Crippen LogP contribution < -0.4 is 0 Å². The van der Waals surface area contributed by atoms with Crippen molar-refractivity contribution >= 4 is 17.6 Å². The minimum Gasteiger partial charge on any atom is -0.478 e. The van der Waals surface area contributed by atoms with Gasteiger partial charge in [0.25, 0.3) is 0 Å². The zero-order valence-electron chi connectivity index (χ0n) is 10.1. The summed E-state index contributed by atoms with van der Waals surface area (Å²) in [6, 6.07) is 2.78. The smallest absolute Gasteiger partial charge is 0.416 e. The number of carboxylic acid groups (broad SMARTS) is 1. The summed E-state index contributed by atoms with van der Waals surface area (Å²) in [5.74, 6) is -1.21. The number of nitrogens with zero attached hydrogens (tertiary/aromatic N) is 2. The van der Waals surface area contributed by atoms with Crippen molar-refractivity contribution in [3.8, 4) is 5.69 Å². The number of hydrogen-bond donors (Lipinski definition) is 1. The molecule has 2 aromatic rings. The maximum atomic E-state index is 12.7. The third-order valence-electron chi connectivity index (χ3n) is 2.74. The topological polar surface area (TPSA) is 55.1 Å². The van der Waals surface area contributed by atoms with Crippen molar-refractivity contribution in [1.82, 2.24) is 9.78 Å². The first-order chi connectivity index (χ1) is 9.21. The fraction of sp³-hybridized carbons (Fsp3) is 0.167. The molecule has 20 heavy (non-hydrogen) atoms. The first-order valence-corrected chi connectivity index (χ1v) is 5.74. The third-order valence-corrected chi connectivity index (χ3v) is 3.06. The molecule has 1 aromatic carbocycles. The summed E-state index contributed by atoms with van der Waals surface area (Å²) in [5, 5.41) is 12.7. The molecule has 1 aromatic heterocycles. The molecule has 1 N–H and O–H groups in total. The van der Waals surface area contributed by atoms with E-state index >= 15 is 0 Å². The van der Waals surface area contributed by atoms with Crippen LogP contribution in [0.3, 0.4) is 0 Å². The number of carbonyl (C=O) groups is 1. The van der Waals surface area contributed by atoms with Gasteiger partial charge in [0.15, 0.2) is 0 Å². The molecule has 0 aliphatic carbocycles. The van der Waals surface area contributed by atoms with E-state index in [-0.39, 0.29) is 22.0 Å². The van der Waals surface area contributed by atoms with Crippen molar-refractivity contribution < 1.29 is 23.1 Å². The summed E-state index contributed by atoms with van der Waals surface area (Å²) >= 11 is 5.87. The Morgan fingerprint density at radius 2 is 2.05 bits per heavy atom. The lowest BCUT2D eigenvalue weighted by molar-refractivity contribution is -0.137. The molecule has 0 saturated heterocycles. The van der Waals surface area contributed by atoms with Crippen molar-refractivity contribution in [1.29, 1.82) is 0 Å². The van der Waals surface area contributed by atoms with E-state index in [4.69, 9.17) is 16.7 Å². The van der Waals surface area contributed by atoms with Crippen LogP contribution in [0, 0.1) is 6.92 Å². The average Bonchev–Trinajstić information content (AvgIpc) is 2.70. The summed E-state index contributed by atoms with van der Waals surface area (Å²) < 4.78 is 39.1. The van der Waals surface area contributed by atoms with Gasteiger partial charge in [-0.2, -0.15) is 18.3 Å². The molecule has 0 spiro atoms. The number of halogens is 4. The van der Waals surface area contributed by atoms with Crippen LogP contribution in [0.2, 0.25) is 5.02 Å². The first kappa shape index (κ1) is 14.4. The van der Waals surface area contributed by atoms with Gasteiger partial charge in [0.2, 0.25) is 0 Å². The number of alkyl halides is 3. The van der Waals surface area contributed by atoms with E-state index in [0.29, 0.717) is 0 Å². The van der Waals surface area contributed by atoms with Crippen LogP contribution in [-0.2, 0) is 6.18 Å². The van der Waals surface area contributed by atoms with Gasteiger partial charge in [-0.05, 0) is 25.1 Å². The van der Waals surface area contributed by atoms with E-state index in [2.05, 4.69) is 5.10 Å². The highest BCUT2D eigenvalue weighted by molar-refractivity contribution is 6.32.